The third-order valence-electron chi connectivity index (χ3n) is 6.57. The van der Waals surface area contributed by atoms with E-state index in [-0.39, 0.29) is 17.9 Å². The van der Waals surface area contributed by atoms with Gasteiger partial charge in [0, 0.05) is 29.9 Å². The number of hydrogen-bond donors (Lipinski definition) is 3. The molecular formula is C26H41NO3. The molecule has 168 valence electrons. The number of nitrogens with one attached hydrogen (secondary N) is 1. The summed E-state index contributed by atoms with van der Waals surface area (Å²) in [6, 6.07) is 7.03. The average Bonchev–Trinajstić information content (AvgIpc) is 3.21. The molecule has 2 aliphatic rings. The Hall–Kier alpha value is -1.36. The van der Waals surface area contributed by atoms with Crippen LogP contribution in [-0.2, 0) is 6.42 Å². The maximum atomic E-state index is 10.6. The Morgan fingerprint density at radius 1 is 1.20 bits per heavy atom. The number of benzene rings is 1. The largest absolute Gasteiger partial charge is 0.489 e. The minimum absolute atomic E-state index is 0.0163. The van der Waals surface area contributed by atoms with Crippen molar-refractivity contribution < 1.29 is 14.9 Å². The van der Waals surface area contributed by atoms with Crippen LogP contribution < -0.4 is 10.1 Å². The highest BCUT2D eigenvalue weighted by Gasteiger charge is 2.48. The third kappa shape index (κ3) is 5.87. The third-order valence-corrected chi connectivity index (χ3v) is 6.57. The van der Waals surface area contributed by atoms with Gasteiger partial charge in [0.2, 0.25) is 0 Å². The molecule has 1 aromatic carbocycles. The highest BCUT2D eigenvalue weighted by Crippen LogP contribution is 2.52. The molecule has 5 atom stereocenters. The van der Waals surface area contributed by atoms with Gasteiger partial charge in [0.1, 0.15) is 11.9 Å². The lowest BCUT2D eigenvalue weighted by atomic mass is 9.86. The molecular weight excluding hydrogens is 374 g/mol. The molecule has 4 heteroatoms. The van der Waals surface area contributed by atoms with E-state index in [1.54, 1.807) is 0 Å². The van der Waals surface area contributed by atoms with Crippen molar-refractivity contribution in [3.8, 4) is 5.75 Å². The molecule has 0 radical (unpaired) electrons. The number of aliphatic hydroxyl groups is 2. The van der Waals surface area contributed by atoms with Crippen molar-refractivity contribution in [1.82, 2.24) is 5.32 Å². The predicted octanol–water partition coefficient (Wildman–Crippen LogP) is 4.73. The fourth-order valence-corrected chi connectivity index (χ4v) is 4.95. The van der Waals surface area contributed by atoms with Crippen LogP contribution in [0.1, 0.15) is 82.8 Å². The zero-order valence-corrected chi connectivity index (χ0v) is 19.0. The molecule has 3 rings (SSSR count). The first-order valence-corrected chi connectivity index (χ1v) is 12.1. The number of hydrogen-bond acceptors (Lipinski definition) is 4. The summed E-state index contributed by atoms with van der Waals surface area (Å²) in [7, 11) is 0. The lowest BCUT2D eigenvalue weighted by Gasteiger charge is -2.18. The molecule has 0 saturated heterocycles. The van der Waals surface area contributed by atoms with E-state index in [0.717, 1.165) is 57.2 Å². The number of ether oxygens (including phenoxy) is 1. The standard InChI is InChI=1S/C26H41NO3/c1-4-5-6-12-20(28)14-15-21-23(29)17-24-25(21)22-13-9-11-19(26(22)30-24)10-7-8-16-27-18(2)3/h9,11,13-15,18,20-21,23-25,27-29H,4-8,10,12,16-17H2,1-3H3/b15-14+/t20-,21-,23+,24-,25-/m0/s1. The van der Waals surface area contributed by atoms with E-state index in [1.807, 2.05) is 6.08 Å². The second-order valence-corrected chi connectivity index (χ2v) is 9.41. The molecule has 3 N–H and O–H groups in total. The fraction of sp³-hybridized carbons (Fsp3) is 0.692. The summed E-state index contributed by atoms with van der Waals surface area (Å²) in [5, 5.41) is 24.4. The van der Waals surface area contributed by atoms with Gasteiger partial charge in [-0.25, -0.2) is 0 Å². The second-order valence-electron chi connectivity index (χ2n) is 9.41. The number of rotatable bonds is 12. The highest BCUT2D eigenvalue weighted by atomic mass is 16.5. The summed E-state index contributed by atoms with van der Waals surface area (Å²) < 4.78 is 6.37. The quantitative estimate of drug-likeness (QED) is 0.341. The van der Waals surface area contributed by atoms with E-state index >= 15 is 0 Å². The molecule has 1 aliphatic carbocycles. The van der Waals surface area contributed by atoms with Gasteiger partial charge in [-0.2, -0.15) is 0 Å². The monoisotopic (exact) mass is 415 g/mol. The van der Waals surface area contributed by atoms with Crippen molar-refractivity contribution in [1.29, 1.82) is 0 Å². The molecule has 0 amide bonds. The molecule has 4 nitrogen and oxygen atoms in total. The zero-order valence-electron chi connectivity index (χ0n) is 19.0. The lowest BCUT2D eigenvalue weighted by molar-refractivity contribution is 0.135. The van der Waals surface area contributed by atoms with Crippen molar-refractivity contribution in [2.24, 2.45) is 5.92 Å². The Balaban J connectivity index is 1.63. The van der Waals surface area contributed by atoms with Gasteiger partial charge in [-0.3, -0.25) is 0 Å². The van der Waals surface area contributed by atoms with E-state index in [2.05, 4.69) is 50.4 Å². The summed E-state index contributed by atoms with van der Waals surface area (Å²) in [4.78, 5) is 0. The highest BCUT2D eigenvalue weighted by molar-refractivity contribution is 5.49. The van der Waals surface area contributed by atoms with Gasteiger partial charge >= 0.3 is 0 Å². The van der Waals surface area contributed by atoms with Crippen molar-refractivity contribution in [2.75, 3.05) is 6.54 Å². The first-order chi connectivity index (χ1) is 14.5. The van der Waals surface area contributed by atoms with Gasteiger partial charge in [0.05, 0.1) is 12.2 Å². The van der Waals surface area contributed by atoms with Gasteiger partial charge in [-0.15, -0.1) is 0 Å². The minimum atomic E-state index is -0.421. The van der Waals surface area contributed by atoms with Crippen molar-refractivity contribution in [2.45, 2.75) is 102 Å². The van der Waals surface area contributed by atoms with Crippen molar-refractivity contribution >= 4 is 0 Å². The van der Waals surface area contributed by atoms with Crippen LogP contribution in [0.5, 0.6) is 5.75 Å². The van der Waals surface area contributed by atoms with Crippen LogP contribution in [0.15, 0.2) is 30.4 Å². The minimum Gasteiger partial charge on any atom is -0.489 e. The Morgan fingerprint density at radius 3 is 2.80 bits per heavy atom. The van der Waals surface area contributed by atoms with E-state index in [1.165, 1.54) is 11.1 Å². The number of fused-ring (bicyclic) bond motifs is 3. The summed E-state index contributed by atoms with van der Waals surface area (Å²) in [5.41, 5.74) is 2.53. The van der Waals surface area contributed by atoms with E-state index in [9.17, 15) is 10.2 Å². The molecule has 30 heavy (non-hydrogen) atoms. The average molecular weight is 416 g/mol. The summed E-state index contributed by atoms with van der Waals surface area (Å²) >= 11 is 0. The maximum absolute atomic E-state index is 10.6. The van der Waals surface area contributed by atoms with Gasteiger partial charge in [0.15, 0.2) is 0 Å². The topological polar surface area (TPSA) is 61.7 Å². The second kappa shape index (κ2) is 11.3. The van der Waals surface area contributed by atoms with Gasteiger partial charge in [-0.1, -0.05) is 70.4 Å². The summed E-state index contributed by atoms with van der Waals surface area (Å²) in [5.74, 6) is 1.26. The van der Waals surface area contributed by atoms with Crippen LogP contribution in [-0.4, -0.2) is 41.1 Å². The molecule has 1 saturated carbocycles. The van der Waals surface area contributed by atoms with Crippen LogP contribution in [0.25, 0.3) is 0 Å². The van der Waals surface area contributed by atoms with Crippen LogP contribution in [0.4, 0.5) is 0 Å². The molecule has 1 heterocycles. The predicted molar refractivity (Wildman–Crippen MR) is 123 cm³/mol. The molecule has 0 bridgehead atoms. The molecule has 1 aliphatic heterocycles. The number of para-hydroxylation sites is 1. The smallest absolute Gasteiger partial charge is 0.126 e. The molecule has 0 unspecified atom stereocenters. The van der Waals surface area contributed by atoms with E-state index < -0.39 is 12.2 Å². The first-order valence-electron chi connectivity index (χ1n) is 12.1. The number of aliphatic hydroxyl groups excluding tert-OH is 2. The molecule has 0 aromatic heterocycles. The van der Waals surface area contributed by atoms with Crippen LogP contribution >= 0.6 is 0 Å². The van der Waals surface area contributed by atoms with Gasteiger partial charge < -0.3 is 20.3 Å². The lowest BCUT2D eigenvalue weighted by Crippen LogP contribution is -2.23. The number of aryl methyl sites for hydroxylation is 1. The fourth-order valence-electron chi connectivity index (χ4n) is 4.95. The van der Waals surface area contributed by atoms with Crippen LogP contribution in [0.2, 0.25) is 0 Å². The maximum Gasteiger partial charge on any atom is 0.126 e. The Bertz CT molecular complexity index is 687. The Kier molecular flexibility index (Phi) is 8.79. The normalized spacial score (nSPS) is 26.2. The molecule has 1 aromatic rings. The van der Waals surface area contributed by atoms with Gasteiger partial charge in [-0.05, 0) is 37.8 Å². The Labute approximate surface area is 182 Å². The van der Waals surface area contributed by atoms with Crippen LogP contribution in [0, 0.1) is 5.92 Å². The summed E-state index contributed by atoms with van der Waals surface area (Å²) in [6.07, 6.45) is 11.3. The molecule has 1 fully saturated rings. The van der Waals surface area contributed by atoms with Gasteiger partial charge in [0.25, 0.3) is 0 Å². The molecule has 0 spiro atoms. The number of unbranched alkanes of at least 4 members (excludes halogenated alkanes) is 3. The summed E-state index contributed by atoms with van der Waals surface area (Å²) in [6.45, 7) is 7.59. The first kappa shape index (κ1) is 23.3. The SMILES string of the molecule is CCCCC[C@H](O)/C=C/[C@@H]1[C@H]2c3cccc(CCCCNC(C)C)c3O[C@H]2C[C@H]1O. The van der Waals surface area contributed by atoms with Crippen molar-refractivity contribution in [3.63, 3.8) is 0 Å². The zero-order chi connectivity index (χ0) is 21.5. The van der Waals surface area contributed by atoms with Crippen molar-refractivity contribution in [3.05, 3.63) is 41.5 Å². The Morgan fingerprint density at radius 2 is 2.03 bits per heavy atom. The van der Waals surface area contributed by atoms with E-state index in [0.29, 0.717) is 12.5 Å². The van der Waals surface area contributed by atoms with E-state index in [4.69, 9.17) is 4.74 Å². The van der Waals surface area contributed by atoms with Crippen LogP contribution in [0.3, 0.4) is 0 Å².